The smallest absolute Gasteiger partial charge is 0.402 e. The third kappa shape index (κ3) is 5.08. The molecule has 0 radical (unpaired) electrons. The summed E-state index contributed by atoms with van der Waals surface area (Å²) in [5.41, 5.74) is 7.87. The van der Waals surface area contributed by atoms with Crippen LogP contribution < -0.4 is 16.4 Å². The van der Waals surface area contributed by atoms with E-state index in [4.69, 9.17) is 15.1 Å². The van der Waals surface area contributed by atoms with E-state index >= 15 is 0 Å². The SMILES string of the molecule is CC(C)(C)c1cc(NCC(F)(F)F)cc2c(I)cc(-c3nnc(NC4CC(N)C4)o3)nc12. The highest BCUT2D eigenvalue weighted by molar-refractivity contribution is 14.1. The van der Waals surface area contributed by atoms with Crippen LogP contribution in [0.1, 0.15) is 39.2 Å². The molecule has 0 unspecified atom stereocenters. The second-order valence-corrected chi connectivity index (χ2v) is 10.3. The summed E-state index contributed by atoms with van der Waals surface area (Å²) in [6.45, 7) is 4.88. The van der Waals surface area contributed by atoms with E-state index in [0.29, 0.717) is 22.9 Å². The molecule has 0 amide bonds. The molecule has 0 spiro atoms. The number of rotatable bonds is 5. The van der Waals surface area contributed by atoms with Gasteiger partial charge in [-0.1, -0.05) is 25.9 Å². The van der Waals surface area contributed by atoms with Gasteiger partial charge in [-0.3, -0.25) is 0 Å². The van der Waals surface area contributed by atoms with Gasteiger partial charge in [0.1, 0.15) is 12.2 Å². The van der Waals surface area contributed by atoms with Crippen LogP contribution in [0.5, 0.6) is 0 Å². The lowest BCUT2D eigenvalue weighted by molar-refractivity contribution is -0.115. The zero-order valence-corrected chi connectivity index (χ0v) is 20.0. The molecule has 4 N–H and O–H groups in total. The maximum atomic E-state index is 12.7. The van der Waals surface area contributed by atoms with Crippen molar-refractivity contribution in [2.24, 2.45) is 5.73 Å². The molecule has 1 aromatic carbocycles. The van der Waals surface area contributed by atoms with E-state index in [0.717, 1.165) is 27.4 Å². The van der Waals surface area contributed by atoms with Gasteiger partial charge in [0.05, 0.1) is 5.52 Å². The van der Waals surface area contributed by atoms with Crippen molar-refractivity contribution in [2.45, 2.75) is 57.3 Å². The molecule has 1 fully saturated rings. The Balaban J connectivity index is 1.71. The minimum absolute atomic E-state index is 0.199. The normalized spacial score (nSPS) is 19.1. The van der Waals surface area contributed by atoms with Gasteiger partial charge in [0.15, 0.2) is 0 Å². The molecule has 2 heterocycles. The number of pyridine rings is 1. The van der Waals surface area contributed by atoms with Crippen LogP contribution in [-0.2, 0) is 5.41 Å². The number of anilines is 2. The van der Waals surface area contributed by atoms with Crippen molar-refractivity contribution >= 4 is 45.2 Å². The Bertz CT molecular complexity index is 1130. The van der Waals surface area contributed by atoms with Crippen LogP contribution in [0, 0.1) is 3.57 Å². The Morgan fingerprint density at radius 1 is 1.16 bits per heavy atom. The molecule has 1 saturated carbocycles. The first-order valence-corrected chi connectivity index (χ1v) is 11.3. The first-order valence-electron chi connectivity index (χ1n) is 10.2. The summed E-state index contributed by atoms with van der Waals surface area (Å²) in [6.07, 6.45) is -2.60. The lowest BCUT2D eigenvalue weighted by atomic mass is 9.85. The van der Waals surface area contributed by atoms with Crippen LogP contribution in [0.3, 0.4) is 0 Å². The predicted molar refractivity (Wildman–Crippen MR) is 126 cm³/mol. The summed E-state index contributed by atoms with van der Waals surface area (Å²) in [5, 5.41) is 14.6. The Kier molecular flexibility index (Phi) is 5.99. The summed E-state index contributed by atoms with van der Waals surface area (Å²) in [7, 11) is 0. The summed E-state index contributed by atoms with van der Waals surface area (Å²) >= 11 is 2.15. The van der Waals surface area contributed by atoms with Crippen LogP contribution in [0.2, 0.25) is 0 Å². The lowest BCUT2D eigenvalue weighted by Crippen LogP contribution is -2.44. The number of aromatic nitrogens is 3. The molecule has 4 rings (SSSR count). The monoisotopic (exact) mass is 560 g/mol. The minimum atomic E-state index is -4.31. The van der Waals surface area contributed by atoms with Gasteiger partial charge in [0.2, 0.25) is 0 Å². The van der Waals surface area contributed by atoms with Crippen LogP contribution in [0.25, 0.3) is 22.5 Å². The number of hydrogen-bond donors (Lipinski definition) is 3. The first kappa shape index (κ1) is 23.0. The van der Waals surface area contributed by atoms with E-state index in [9.17, 15) is 13.2 Å². The van der Waals surface area contributed by atoms with Crippen LogP contribution in [-0.4, -0.2) is 40.0 Å². The van der Waals surface area contributed by atoms with Crippen molar-refractivity contribution in [3.63, 3.8) is 0 Å². The van der Waals surface area contributed by atoms with Crippen LogP contribution >= 0.6 is 22.6 Å². The molecule has 1 aliphatic rings. The molecule has 1 aliphatic carbocycles. The highest BCUT2D eigenvalue weighted by Crippen LogP contribution is 2.36. The third-order valence-corrected chi connectivity index (χ3v) is 6.20. The average molecular weight is 560 g/mol. The van der Waals surface area contributed by atoms with Gasteiger partial charge in [0.25, 0.3) is 5.89 Å². The molecule has 0 saturated heterocycles. The number of nitrogens with two attached hydrogens (primary N) is 1. The highest BCUT2D eigenvalue weighted by atomic mass is 127. The number of nitrogens with one attached hydrogen (secondary N) is 2. The molecule has 3 aromatic rings. The van der Waals surface area contributed by atoms with Gasteiger partial charge in [-0.2, -0.15) is 13.2 Å². The van der Waals surface area contributed by atoms with Crippen LogP contribution in [0.4, 0.5) is 24.9 Å². The van der Waals surface area contributed by atoms with E-state index in [-0.39, 0.29) is 23.4 Å². The number of nitrogens with zero attached hydrogens (tertiary/aromatic N) is 3. The molecule has 0 bridgehead atoms. The van der Waals surface area contributed by atoms with Crippen molar-refractivity contribution in [1.82, 2.24) is 15.2 Å². The van der Waals surface area contributed by atoms with Crippen molar-refractivity contribution in [3.05, 3.63) is 27.3 Å². The van der Waals surface area contributed by atoms with E-state index < -0.39 is 12.7 Å². The molecule has 2 aromatic heterocycles. The zero-order valence-electron chi connectivity index (χ0n) is 17.8. The van der Waals surface area contributed by atoms with Gasteiger partial charge in [-0.15, -0.1) is 5.10 Å². The Morgan fingerprint density at radius 3 is 2.50 bits per heavy atom. The summed E-state index contributed by atoms with van der Waals surface area (Å²) < 4.78 is 44.8. The lowest BCUT2D eigenvalue weighted by Gasteiger charge is -2.32. The average Bonchev–Trinajstić information content (AvgIpc) is 3.12. The largest absolute Gasteiger partial charge is 0.405 e. The van der Waals surface area contributed by atoms with Crippen LogP contribution in [0.15, 0.2) is 22.6 Å². The minimum Gasteiger partial charge on any atom is -0.402 e. The Labute approximate surface area is 196 Å². The first-order chi connectivity index (χ1) is 14.9. The standard InChI is InChI=1S/C21H24F3IN6O/c1-20(2,3)14-7-11(27-9-21(22,23)24)6-13-15(25)8-16(29-17(13)14)18-30-31-19(32-18)28-12-4-10(26)5-12/h6-8,10,12,27H,4-5,9,26H2,1-3H3,(H,28,31). The summed E-state index contributed by atoms with van der Waals surface area (Å²) in [4.78, 5) is 4.76. The van der Waals surface area contributed by atoms with Gasteiger partial charge in [-0.05, 0) is 64.6 Å². The molecular weight excluding hydrogens is 536 g/mol. The topological polar surface area (TPSA) is 102 Å². The molecule has 32 heavy (non-hydrogen) atoms. The van der Waals surface area contributed by atoms with E-state index in [1.165, 1.54) is 0 Å². The molecule has 172 valence electrons. The fourth-order valence-corrected chi connectivity index (χ4v) is 4.32. The molecule has 7 nitrogen and oxygen atoms in total. The van der Waals surface area contributed by atoms with Crippen molar-refractivity contribution in [2.75, 3.05) is 17.2 Å². The maximum Gasteiger partial charge on any atom is 0.405 e. The van der Waals surface area contributed by atoms with Gasteiger partial charge in [0, 0.05) is 26.7 Å². The van der Waals surface area contributed by atoms with Gasteiger partial charge in [-0.25, -0.2) is 4.98 Å². The quantitative estimate of drug-likeness (QED) is 0.375. The maximum absolute atomic E-state index is 12.7. The Morgan fingerprint density at radius 2 is 1.88 bits per heavy atom. The molecule has 11 heteroatoms. The predicted octanol–water partition coefficient (Wildman–Crippen LogP) is 5.06. The number of hydrogen-bond acceptors (Lipinski definition) is 7. The second kappa shape index (κ2) is 8.32. The Hall–Kier alpha value is -2.15. The molecular formula is C21H24F3IN6O. The van der Waals surface area contributed by atoms with Crippen molar-refractivity contribution < 1.29 is 17.6 Å². The van der Waals surface area contributed by atoms with E-state index in [1.54, 1.807) is 18.2 Å². The number of benzene rings is 1. The van der Waals surface area contributed by atoms with E-state index in [1.807, 2.05) is 20.8 Å². The number of alkyl halides is 3. The van der Waals surface area contributed by atoms with Crippen molar-refractivity contribution in [1.29, 1.82) is 0 Å². The van der Waals surface area contributed by atoms with E-state index in [2.05, 4.69) is 43.4 Å². The highest BCUT2D eigenvalue weighted by Gasteiger charge is 2.29. The second-order valence-electron chi connectivity index (χ2n) is 9.11. The molecule has 0 aliphatic heterocycles. The third-order valence-electron chi connectivity index (χ3n) is 5.31. The fraction of sp³-hybridized carbons (Fsp3) is 0.476. The fourth-order valence-electron chi connectivity index (χ4n) is 3.61. The van der Waals surface area contributed by atoms with Gasteiger partial charge < -0.3 is 20.8 Å². The van der Waals surface area contributed by atoms with Gasteiger partial charge >= 0.3 is 12.2 Å². The number of halogens is 4. The molecule has 0 atom stereocenters. The van der Waals surface area contributed by atoms with Crippen molar-refractivity contribution in [3.8, 4) is 11.6 Å². The number of fused-ring (bicyclic) bond motifs is 1. The summed E-state index contributed by atoms with van der Waals surface area (Å²) in [5.74, 6) is 0.273. The summed E-state index contributed by atoms with van der Waals surface area (Å²) in [6, 6.07) is 5.94. The zero-order chi connectivity index (χ0) is 23.3.